The van der Waals surface area contributed by atoms with E-state index in [4.69, 9.17) is 4.74 Å². The molecule has 278 valence electrons. The van der Waals surface area contributed by atoms with Crippen LogP contribution in [0.4, 0.5) is 0 Å². The van der Waals surface area contributed by atoms with Crippen molar-refractivity contribution in [3.63, 3.8) is 0 Å². The zero-order chi connectivity index (χ0) is 37.1. The molecule has 0 aromatic heterocycles. The van der Waals surface area contributed by atoms with Gasteiger partial charge < -0.3 is 4.74 Å². The summed E-state index contributed by atoms with van der Waals surface area (Å²) in [6.07, 6.45) is 45.9. The lowest BCUT2D eigenvalue weighted by molar-refractivity contribution is 0.261. The average molecular weight is 729 g/mol. The molecule has 1 nitrogen and oxygen atoms in total. The van der Waals surface area contributed by atoms with Gasteiger partial charge in [-0.1, -0.05) is 151 Å². The predicted molar refractivity (Wildman–Crippen MR) is 231 cm³/mol. The Morgan fingerprint density at radius 1 is 0.714 bits per heavy atom. The van der Waals surface area contributed by atoms with E-state index in [9.17, 15) is 0 Å². The minimum absolute atomic E-state index is 0.125. The van der Waals surface area contributed by atoms with Crippen LogP contribution in [0.25, 0.3) is 0 Å². The van der Waals surface area contributed by atoms with Crippen LogP contribution < -0.4 is 4.74 Å². The van der Waals surface area contributed by atoms with Gasteiger partial charge in [-0.25, -0.2) is 0 Å². The molecule has 7 aliphatic carbocycles. The van der Waals surface area contributed by atoms with Gasteiger partial charge in [-0.15, -0.1) is 0 Å². The van der Waals surface area contributed by atoms with E-state index in [-0.39, 0.29) is 5.41 Å². The van der Waals surface area contributed by atoms with Gasteiger partial charge in [0.1, 0.15) is 11.5 Å². The fourth-order valence-corrected chi connectivity index (χ4v) is 12.3. The first-order chi connectivity index (χ1) is 27.8. The third-order valence-electron chi connectivity index (χ3n) is 14.8. The maximum absolute atomic E-state index is 6.69. The maximum atomic E-state index is 6.69. The van der Waals surface area contributed by atoms with E-state index in [1.54, 1.807) is 27.8 Å². The smallest absolute Gasteiger partial charge is 0.131 e. The molecule has 6 unspecified atom stereocenters. The Bertz CT molecular complexity index is 2350. The highest BCUT2D eigenvalue weighted by Gasteiger charge is 2.64. The number of rotatable bonds is 5. The Hall–Kier alpha value is -5.14. The highest BCUT2D eigenvalue weighted by Crippen LogP contribution is 2.70. The van der Waals surface area contributed by atoms with Crippen LogP contribution in [0.15, 0.2) is 191 Å². The number of hydrogen-bond acceptors (Lipinski definition) is 1. The fourth-order valence-electron chi connectivity index (χ4n) is 12.3. The zero-order valence-corrected chi connectivity index (χ0v) is 32.5. The molecule has 0 amide bonds. The summed E-state index contributed by atoms with van der Waals surface area (Å²) in [6, 6.07) is 27.4. The molecule has 56 heavy (non-hydrogen) atoms. The number of para-hydroxylation sites is 2. The number of aryl methyl sites for hydroxylation is 1. The van der Waals surface area contributed by atoms with Crippen molar-refractivity contribution >= 4 is 0 Å². The first-order valence-corrected chi connectivity index (χ1v) is 21.6. The molecule has 3 aromatic carbocycles. The summed E-state index contributed by atoms with van der Waals surface area (Å²) in [7, 11) is 0. The molecule has 1 saturated carbocycles. The summed E-state index contributed by atoms with van der Waals surface area (Å²) in [5.41, 5.74) is 14.8. The normalized spacial score (nSPS) is 29.4. The van der Waals surface area contributed by atoms with Crippen molar-refractivity contribution < 1.29 is 4.74 Å². The van der Waals surface area contributed by atoms with Crippen LogP contribution in [0.1, 0.15) is 86.0 Å². The molecule has 1 heteroatoms. The minimum atomic E-state index is -0.125. The van der Waals surface area contributed by atoms with E-state index in [1.807, 2.05) is 0 Å². The molecule has 1 fully saturated rings. The molecule has 0 bridgehead atoms. The summed E-state index contributed by atoms with van der Waals surface area (Å²) in [4.78, 5) is 0. The lowest BCUT2D eigenvalue weighted by Gasteiger charge is -2.47. The van der Waals surface area contributed by atoms with Crippen molar-refractivity contribution in [1.82, 2.24) is 0 Å². The monoisotopic (exact) mass is 728 g/mol. The molecule has 8 aliphatic rings. The number of hydrogen-bond donors (Lipinski definition) is 0. The fraction of sp³-hybridized carbons (Fsp3) is 0.309. The van der Waals surface area contributed by atoms with E-state index in [0.29, 0.717) is 35.5 Å². The summed E-state index contributed by atoms with van der Waals surface area (Å²) in [6.45, 7) is 0. The van der Waals surface area contributed by atoms with Gasteiger partial charge in [0.05, 0.1) is 0 Å². The van der Waals surface area contributed by atoms with E-state index in [0.717, 1.165) is 50.0 Å². The van der Waals surface area contributed by atoms with E-state index >= 15 is 0 Å². The molecule has 0 radical (unpaired) electrons. The SMILES string of the molecule is C1=CCCC(/C=C(\C2=CCC(C3=CC=CCC3)C=C2)C2=CCC(C3=CC4C5c6ccccc6CCC5C5(c6ccccc6Oc6ccccc65)C4C=C3)CC2)=C1. The second-order valence-electron chi connectivity index (χ2n) is 17.5. The Morgan fingerprint density at radius 2 is 1.50 bits per heavy atom. The summed E-state index contributed by atoms with van der Waals surface area (Å²) < 4.78 is 6.69. The predicted octanol–water partition coefficient (Wildman–Crippen LogP) is 13.9. The van der Waals surface area contributed by atoms with E-state index in [2.05, 4.69) is 158 Å². The Morgan fingerprint density at radius 3 is 2.23 bits per heavy atom. The molecule has 1 heterocycles. The van der Waals surface area contributed by atoms with Gasteiger partial charge in [0.25, 0.3) is 0 Å². The highest BCUT2D eigenvalue weighted by atomic mass is 16.5. The number of fused-ring (bicyclic) bond motifs is 11. The number of benzene rings is 3. The Balaban J connectivity index is 0.939. The van der Waals surface area contributed by atoms with Gasteiger partial charge in [0.15, 0.2) is 0 Å². The molecule has 0 N–H and O–H groups in total. The summed E-state index contributed by atoms with van der Waals surface area (Å²) >= 11 is 0. The summed E-state index contributed by atoms with van der Waals surface area (Å²) in [5.74, 6) is 4.95. The zero-order valence-electron chi connectivity index (χ0n) is 32.5. The molecule has 11 rings (SSSR count). The molecule has 6 atom stereocenters. The summed E-state index contributed by atoms with van der Waals surface area (Å²) in [5, 5.41) is 0. The van der Waals surface area contributed by atoms with Crippen LogP contribution in [-0.4, -0.2) is 0 Å². The van der Waals surface area contributed by atoms with E-state index < -0.39 is 0 Å². The van der Waals surface area contributed by atoms with Crippen molar-refractivity contribution in [2.75, 3.05) is 0 Å². The topological polar surface area (TPSA) is 9.23 Å². The Labute approximate surface area is 333 Å². The highest BCUT2D eigenvalue weighted by molar-refractivity contribution is 5.63. The van der Waals surface area contributed by atoms with Crippen LogP contribution in [0.2, 0.25) is 0 Å². The van der Waals surface area contributed by atoms with Gasteiger partial charge in [0.2, 0.25) is 0 Å². The van der Waals surface area contributed by atoms with Crippen LogP contribution in [0, 0.1) is 29.6 Å². The second kappa shape index (κ2) is 14.1. The van der Waals surface area contributed by atoms with Crippen LogP contribution in [-0.2, 0) is 11.8 Å². The van der Waals surface area contributed by atoms with Gasteiger partial charge >= 0.3 is 0 Å². The Kier molecular flexibility index (Phi) is 8.60. The molecular formula is C55H52O. The molecule has 0 saturated heterocycles. The van der Waals surface area contributed by atoms with Crippen molar-refractivity contribution in [2.24, 2.45) is 29.6 Å². The standard InChI is InChI=1S/C55H52O/c1-3-13-37(14-4-1)35-46(42-27-23-39(24-28-42)38-15-5-2-6-16-38)43-29-25-40(26-30-43)44-32-33-48-47(36-44)54-45-18-8-7-17-41(45)31-34-51(54)55(48)49-19-9-11-21-52(49)56-53-22-12-10-20-50(53)55/h1-3,5,7-13,15,17-23,27-29,32-33,35-36,39-40,47-48,51,54H,4,6,14,16,24-26,30-31,34H2/b46-35+. The van der Waals surface area contributed by atoms with Crippen LogP contribution >= 0.6 is 0 Å². The molecule has 1 spiro atoms. The van der Waals surface area contributed by atoms with Crippen LogP contribution in [0.5, 0.6) is 11.5 Å². The maximum Gasteiger partial charge on any atom is 0.131 e. The van der Waals surface area contributed by atoms with Crippen molar-refractivity contribution in [1.29, 1.82) is 0 Å². The van der Waals surface area contributed by atoms with Crippen LogP contribution in [0.3, 0.4) is 0 Å². The minimum Gasteiger partial charge on any atom is -0.457 e. The van der Waals surface area contributed by atoms with Gasteiger partial charge in [-0.3, -0.25) is 0 Å². The largest absolute Gasteiger partial charge is 0.457 e. The van der Waals surface area contributed by atoms with Gasteiger partial charge in [-0.2, -0.15) is 0 Å². The van der Waals surface area contributed by atoms with E-state index in [1.165, 1.54) is 53.5 Å². The second-order valence-corrected chi connectivity index (χ2v) is 17.5. The lowest BCUT2D eigenvalue weighted by Crippen LogP contribution is -2.42. The first kappa shape index (κ1) is 34.1. The lowest BCUT2D eigenvalue weighted by atomic mass is 9.58. The molecular weight excluding hydrogens is 677 g/mol. The number of ether oxygens (including phenoxy) is 1. The van der Waals surface area contributed by atoms with Gasteiger partial charge in [0, 0.05) is 22.5 Å². The van der Waals surface area contributed by atoms with Crippen molar-refractivity contribution in [3.05, 3.63) is 214 Å². The van der Waals surface area contributed by atoms with Crippen molar-refractivity contribution in [2.45, 2.75) is 75.5 Å². The molecule has 3 aromatic rings. The average Bonchev–Trinajstić information content (AvgIpc) is 3.57. The first-order valence-electron chi connectivity index (χ1n) is 21.6. The number of allylic oxidation sites excluding steroid dienone is 20. The quantitative estimate of drug-likeness (QED) is 0.254. The third-order valence-corrected chi connectivity index (χ3v) is 14.8. The van der Waals surface area contributed by atoms with Crippen molar-refractivity contribution in [3.8, 4) is 11.5 Å². The molecule has 1 aliphatic heterocycles. The van der Waals surface area contributed by atoms with Gasteiger partial charge in [-0.05, 0) is 145 Å². The third kappa shape index (κ3) is 5.56.